The zero-order valence-corrected chi connectivity index (χ0v) is 10.7. The summed E-state index contributed by atoms with van der Waals surface area (Å²) in [5.74, 6) is -1.29. The monoisotopic (exact) mass is 254 g/mol. The minimum atomic E-state index is -0.984. The van der Waals surface area contributed by atoms with E-state index in [1.165, 1.54) is 17.8 Å². The Morgan fingerprint density at radius 1 is 1.47 bits per heavy atom. The van der Waals surface area contributed by atoms with E-state index in [0.717, 1.165) is 16.9 Å². The van der Waals surface area contributed by atoms with Crippen LogP contribution < -0.4 is 0 Å². The smallest absolute Gasteiger partial charge is 0.314 e. The van der Waals surface area contributed by atoms with E-state index in [4.69, 9.17) is 0 Å². The number of benzene rings is 1. The van der Waals surface area contributed by atoms with Gasteiger partial charge < -0.3 is 5.11 Å². The fourth-order valence-electron chi connectivity index (χ4n) is 2.37. The van der Waals surface area contributed by atoms with Gasteiger partial charge in [0.15, 0.2) is 0 Å². The van der Waals surface area contributed by atoms with Gasteiger partial charge >= 0.3 is 5.97 Å². The lowest BCUT2D eigenvalue weighted by molar-refractivity contribution is -0.147. The summed E-state index contributed by atoms with van der Waals surface area (Å²) in [7, 11) is 0. The second kappa shape index (κ2) is 4.33. The molecule has 0 heterocycles. The van der Waals surface area contributed by atoms with E-state index in [9.17, 15) is 14.3 Å². The molecule has 0 bridgehead atoms. The summed E-state index contributed by atoms with van der Waals surface area (Å²) in [6, 6.07) is 3.16. The summed E-state index contributed by atoms with van der Waals surface area (Å²) in [6.07, 6.45) is 3.85. The van der Waals surface area contributed by atoms with Crippen molar-refractivity contribution in [2.24, 2.45) is 0 Å². The van der Waals surface area contributed by atoms with Crippen LogP contribution in [0.1, 0.15) is 30.4 Å². The molecular weight excluding hydrogens is 239 g/mol. The van der Waals surface area contributed by atoms with Crippen molar-refractivity contribution in [3.63, 3.8) is 0 Å². The van der Waals surface area contributed by atoms with Crippen molar-refractivity contribution in [3.8, 4) is 0 Å². The molecule has 0 atom stereocenters. The molecule has 1 aromatic carbocycles. The Balaban J connectivity index is 2.54. The molecule has 0 amide bonds. The minimum Gasteiger partial charge on any atom is -0.481 e. The van der Waals surface area contributed by atoms with Gasteiger partial charge in [-0.15, -0.1) is 11.8 Å². The predicted octanol–water partition coefficient (Wildman–Crippen LogP) is 3.36. The molecule has 2 rings (SSSR count). The average molecular weight is 254 g/mol. The number of hydrogen-bond donors (Lipinski definition) is 1. The van der Waals surface area contributed by atoms with E-state index in [1.54, 1.807) is 6.07 Å². The molecule has 1 aliphatic carbocycles. The van der Waals surface area contributed by atoms with Crippen molar-refractivity contribution in [2.75, 3.05) is 6.26 Å². The third-order valence-corrected chi connectivity index (χ3v) is 4.50. The molecule has 1 fully saturated rings. The molecule has 17 heavy (non-hydrogen) atoms. The summed E-state index contributed by atoms with van der Waals surface area (Å²) in [6.45, 7) is 1.84. The largest absolute Gasteiger partial charge is 0.481 e. The highest BCUT2D eigenvalue weighted by atomic mass is 32.2. The third kappa shape index (κ3) is 1.84. The molecule has 2 nitrogen and oxygen atoms in total. The zero-order valence-electron chi connectivity index (χ0n) is 9.92. The molecule has 92 valence electrons. The van der Waals surface area contributed by atoms with Crippen LogP contribution in [0.3, 0.4) is 0 Å². The highest BCUT2D eigenvalue weighted by Crippen LogP contribution is 2.46. The first-order chi connectivity index (χ1) is 8.01. The molecule has 1 N–H and O–H groups in total. The van der Waals surface area contributed by atoms with Gasteiger partial charge in [0.2, 0.25) is 0 Å². The lowest BCUT2D eigenvalue weighted by Crippen LogP contribution is -2.43. The second-order valence-corrected chi connectivity index (χ2v) is 5.39. The fraction of sp³-hybridized carbons (Fsp3) is 0.462. The molecule has 1 aliphatic rings. The van der Waals surface area contributed by atoms with Gasteiger partial charge in [-0.3, -0.25) is 4.79 Å². The van der Waals surface area contributed by atoms with Crippen LogP contribution in [-0.4, -0.2) is 17.3 Å². The number of aliphatic carboxylic acids is 1. The number of halogens is 1. The summed E-state index contributed by atoms with van der Waals surface area (Å²) in [5.41, 5.74) is 0.229. The maximum Gasteiger partial charge on any atom is 0.314 e. The number of carbonyl (C=O) groups is 1. The van der Waals surface area contributed by atoms with Gasteiger partial charge in [0, 0.05) is 10.5 Å². The number of carboxylic acids is 1. The summed E-state index contributed by atoms with van der Waals surface area (Å²) < 4.78 is 14.0. The van der Waals surface area contributed by atoms with Crippen LogP contribution in [0.25, 0.3) is 0 Å². The normalized spacial score (nSPS) is 17.6. The van der Waals surface area contributed by atoms with Crippen LogP contribution in [0.15, 0.2) is 17.0 Å². The number of aryl methyl sites for hydroxylation is 1. The van der Waals surface area contributed by atoms with Crippen molar-refractivity contribution >= 4 is 17.7 Å². The molecule has 0 aromatic heterocycles. The van der Waals surface area contributed by atoms with Gasteiger partial charge in [0.05, 0.1) is 5.41 Å². The predicted molar refractivity (Wildman–Crippen MR) is 66.1 cm³/mol. The van der Waals surface area contributed by atoms with Gasteiger partial charge in [0.1, 0.15) is 5.82 Å². The Bertz CT molecular complexity index is 467. The number of rotatable bonds is 3. The van der Waals surface area contributed by atoms with Gasteiger partial charge in [-0.2, -0.15) is 0 Å². The molecule has 0 radical (unpaired) electrons. The van der Waals surface area contributed by atoms with Crippen LogP contribution >= 0.6 is 11.8 Å². The van der Waals surface area contributed by atoms with Gasteiger partial charge in [-0.25, -0.2) is 4.39 Å². The third-order valence-electron chi connectivity index (χ3n) is 3.62. The summed E-state index contributed by atoms with van der Waals surface area (Å²) >= 11 is 1.52. The molecule has 1 aromatic rings. The van der Waals surface area contributed by atoms with Gasteiger partial charge in [-0.1, -0.05) is 6.42 Å². The van der Waals surface area contributed by atoms with Crippen molar-refractivity contribution in [2.45, 2.75) is 36.5 Å². The molecule has 0 spiro atoms. The zero-order chi connectivity index (χ0) is 12.6. The van der Waals surface area contributed by atoms with E-state index >= 15 is 0 Å². The summed E-state index contributed by atoms with van der Waals surface area (Å²) in [4.78, 5) is 12.3. The lowest BCUT2D eigenvalue weighted by Gasteiger charge is -2.38. The average Bonchev–Trinajstić information content (AvgIpc) is 2.18. The topological polar surface area (TPSA) is 37.3 Å². The minimum absolute atomic E-state index is 0.353. The van der Waals surface area contributed by atoms with Gasteiger partial charge in [-0.05, 0) is 43.7 Å². The quantitative estimate of drug-likeness (QED) is 0.840. The van der Waals surface area contributed by atoms with E-state index in [0.29, 0.717) is 18.4 Å². The molecular formula is C13H15FO2S. The van der Waals surface area contributed by atoms with Crippen molar-refractivity contribution in [1.29, 1.82) is 0 Å². The first-order valence-electron chi connectivity index (χ1n) is 5.59. The summed E-state index contributed by atoms with van der Waals surface area (Å²) in [5, 5.41) is 9.32. The molecule has 0 saturated heterocycles. The standard InChI is InChI=1S/C13H15FO2S/c1-8-6-10(14)9(7-11(8)17-2)13(12(15)16)4-3-5-13/h6-7H,3-5H2,1-2H3,(H,15,16). The number of thioether (sulfide) groups is 1. The Hall–Kier alpha value is -1.03. The van der Waals surface area contributed by atoms with Crippen LogP contribution in [0.4, 0.5) is 4.39 Å². The number of hydrogen-bond acceptors (Lipinski definition) is 2. The van der Waals surface area contributed by atoms with Crippen LogP contribution in [-0.2, 0) is 10.2 Å². The first-order valence-corrected chi connectivity index (χ1v) is 6.82. The Morgan fingerprint density at radius 3 is 2.53 bits per heavy atom. The second-order valence-electron chi connectivity index (χ2n) is 4.54. The lowest BCUT2D eigenvalue weighted by atomic mass is 9.64. The van der Waals surface area contributed by atoms with E-state index in [2.05, 4.69) is 0 Å². The molecule has 0 unspecified atom stereocenters. The van der Waals surface area contributed by atoms with E-state index in [-0.39, 0.29) is 5.82 Å². The van der Waals surface area contributed by atoms with Crippen LogP contribution in [0.5, 0.6) is 0 Å². The van der Waals surface area contributed by atoms with Gasteiger partial charge in [0.25, 0.3) is 0 Å². The maximum atomic E-state index is 14.0. The first kappa shape index (κ1) is 12.4. The van der Waals surface area contributed by atoms with Crippen molar-refractivity contribution in [3.05, 3.63) is 29.1 Å². The highest BCUT2D eigenvalue weighted by Gasteiger charge is 2.47. The highest BCUT2D eigenvalue weighted by molar-refractivity contribution is 7.98. The van der Waals surface area contributed by atoms with Crippen LogP contribution in [0.2, 0.25) is 0 Å². The molecule has 1 saturated carbocycles. The van der Waals surface area contributed by atoms with E-state index in [1.807, 2.05) is 13.2 Å². The molecule has 0 aliphatic heterocycles. The van der Waals surface area contributed by atoms with Crippen LogP contribution in [0, 0.1) is 12.7 Å². The SMILES string of the molecule is CSc1cc(C2(C(=O)O)CCC2)c(F)cc1C. The maximum absolute atomic E-state index is 14.0. The number of carboxylic acid groups (broad SMARTS) is 1. The van der Waals surface area contributed by atoms with Crippen molar-refractivity contribution < 1.29 is 14.3 Å². The fourth-order valence-corrected chi connectivity index (χ4v) is 2.98. The Morgan fingerprint density at radius 2 is 2.12 bits per heavy atom. The van der Waals surface area contributed by atoms with E-state index < -0.39 is 11.4 Å². The Labute approximate surface area is 104 Å². The molecule has 4 heteroatoms. The van der Waals surface area contributed by atoms with Crippen molar-refractivity contribution in [1.82, 2.24) is 0 Å². The Kier molecular flexibility index (Phi) is 3.17.